The topological polar surface area (TPSA) is 68.5 Å². The molecule has 0 spiro atoms. The number of nitrogens with one attached hydrogen (secondary N) is 3. The summed E-state index contributed by atoms with van der Waals surface area (Å²) in [4.78, 5) is 8.11. The molecule has 10 heteroatoms. The van der Waals surface area contributed by atoms with E-state index in [1.165, 1.54) is 32.1 Å². The summed E-state index contributed by atoms with van der Waals surface area (Å²) in [5.74, 6) is 1.41. The van der Waals surface area contributed by atoms with Crippen LogP contribution in [0.5, 0.6) is 0 Å². The zero-order chi connectivity index (χ0) is 22.9. The molecule has 0 aromatic carbocycles. The van der Waals surface area contributed by atoms with Gasteiger partial charge in [0.05, 0.1) is 17.4 Å². The quantitative estimate of drug-likeness (QED) is 0.195. The number of aromatic nitrogens is 2. The molecule has 3 heterocycles. The number of anilines is 1. The number of hydrogen-bond donors (Lipinski definition) is 3. The van der Waals surface area contributed by atoms with E-state index in [0.29, 0.717) is 5.82 Å². The molecule has 1 saturated heterocycles. The number of pyridine rings is 1. The van der Waals surface area contributed by atoms with E-state index in [9.17, 15) is 8.78 Å². The Morgan fingerprint density at radius 1 is 1.34 bits per heavy atom. The lowest BCUT2D eigenvalue weighted by Gasteiger charge is -2.34. The van der Waals surface area contributed by atoms with Crippen LogP contribution in [0.3, 0.4) is 0 Å². The lowest BCUT2D eigenvalue weighted by Crippen LogP contribution is -2.33. The molecule has 1 saturated carbocycles. The molecule has 4 rings (SSSR count). The van der Waals surface area contributed by atoms with Gasteiger partial charge in [-0.05, 0) is 63.6 Å². The normalized spacial score (nSPS) is 19.6. The predicted molar refractivity (Wildman–Crippen MR) is 130 cm³/mol. The van der Waals surface area contributed by atoms with Crippen molar-refractivity contribution in [2.75, 3.05) is 25.0 Å². The van der Waals surface area contributed by atoms with Crippen molar-refractivity contribution in [2.45, 2.75) is 68.2 Å². The highest BCUT2D eigenvalue weighted by atomic mass is 32.2. The average Bonchev–Trinajstić information content (AvgIpc) is 3.39. The second-order valence-corrected chi connectivity index (χ2v) is 11.0. The van der Waals surface area contributed by atoms with Gasteiger partial charge in [0.1, 0.15) is 16.2 Å². The largest absolute Gasteiger partial charge is 0.370 e. The fourth-order valence-corrected chi connectivity index (χ4v) is 5.70. The average molecular weight is 483 g/mol. The van der Waals surface area contributed by atoms with Crippen molar-refractivity contribution in [3.05, 3.63) is 24.3 Å². The smallest absolute Gasteiger partial charge is 0.285 e. The molecule has 176 valence electrons. The van der Waals surface area contributed by atoms with Gasteiger partial charge < -0.3 is 10.2 Å². The number of nitrogens with zero attached hydrogens (tertiary/aromatic N) is 3. The Hall–Kier alpha value is -1.36. The molecule has 2 fully saturated rings. The van der Waals surface area contributed by atoms with Crippen molar-refractivity contribution < 1.29 is 8.78 Å². The number of imidazole rings is 1. The standard InChI is InChI=1S/C22H32F2N6S2/c1-4-14-5-9-29(10-6-14)16-11-15(32-28-22(2)7-8-22)13-30-17(16)12-27-20(30)21(26-3)31-19(25)18(23)24/h11-14,18,21,25-26,28H,4-10H2,1-3H3. The molecule has 0 radical (unpaired) electrons. The molecule has 6 nitrogen and oxygen atoms in total. The van der Waals surface area contributed by atoms with Gasteiger partial charge >= 0.3 is 0 Å². The molecule has 0 amide bonds. The van der Waals surface area contributed by atoms with E-state index in [1.807, 2.05) is 16.8 Å². The molecule has 2 aromatic rings. The van der Waals surface area contributed by atoms with Gasteiger partial charge in [-0.2, -0.15) is 0 Å². The second kappa shape index (κ2) is 9.87. The first-order valence-corrected chi connectivity index (χ1v) is 12.9. The summed E-state index contributed by atoms with van der Waals surface area (Å²) >= 11 is 2.43. The number of piperidine rings is 1. The van der Waals surface area contributed by atoms with Crippen LogP contribution in [0.15, 0.2) is 23.4 Å². The van der Waals surface area contributed by atoms with Crippen molar-refractivity contribution >= 4 is 40.0 Å². The highest BCUT2D eigenvalue weighted by Gasteiger charge is 2.37. The molecule has 1 aliphatic carbocycles. The molecular weight excluding hydrogens is 450 g/mol. The molecule has 32 heavy (non-hydrogen) atoms. The number of alkyl halides is 2. The van der Waals surface area contributed by atoms with E-state index < -0.39 is 16.8 Å². The van der Waals surface area contributed by atoms with Crippen LogP contribution in [0.4, 0.5) is 14.5 Å². The van der Waals surface area contributed by atoms with Crippen molar-refractivity contribution in [1.82, 2.24) is 19.4 Å². The second-order valence-electron chi connectivity index (χ2n) is 8.99. The maximum Gasteiger partial charge on any atom is 0.285 e. The minimum atomic E-state index is -2.79. The molecule has 0 bridgehead atoms. The van der Waals surface area contributed by atoms with Gasteiger partial charge in [0, 0.05) is 29.7 Å². The van der Waals surface area contributed by atoms with E-state index in [1.54, 1.807) is 19.0 Å². The van der Waals surface area contributed by atoms with Gasteiger partial charge in [-0.15, -0.1) is 0 Å². The summed E-state index contributed by atoms with van der Waals surface area (Å²) in [7, 11) is 1.71. The van der Waals surface area contributed by atoms with Crippen LogP contribution >= 0.6 is 23.7 Å². The summed E-state index contributed by atoms with van der Waals surface area (Å²) in [6.07, 6.45) is 6.99. The molecular formula is C22H32F2N6S2. The Labute approximate surface area is 196 Å². The number of thioether (sulfide) groups is 1. The lowest BCUT2D eigenvalue weighted by atomic mass is 9.94. The van der Waals surface area contributed by atoms with Crippen LogP contribution in [0.25, 0.3) is 5.52 Å². The Morgan fingerprint density at radius 2 is 2.06 bits per heavy atom. The molecule has 1 unspecified atom stereocenters. The van der Waals surface area contributed by atoms with Crippen LogP contribution in [0.1, 0.15) is 57.1 Å². The predicted octanol–water partition coefficient (Wildman–Crippen LogP) is 5.30. The summed E-state index contributed by atoms with van der Waals surface area (Å²) < 4.78 is 31.6. The zero-order valence-electron chi connectivity index (χ0n) is 18.8. The number of halogens is 2. The third-order valence-corrected chi connectivity index (χ3v) is 8.68. The first kappa shape index (κ1) is 23.8. The summed E-state index contributed by atoms with van der Waals surface area (Å²) in [6.45, 7) is 6.50. The minimum Gasteiger partial charge on any atom is -0.370 e. The van der Waals surface area contributed by atoms with Crippen molar-refractivity contribution in [3.63, 3.8) is 0 Å². The number of hydrogen-bond acceptors (Lipinski definition) is 7. The Balaban J connectivity index is 1.68. The Kier molecular flexibility index (Phi) is 7.33. The third-order valence-electron chi connectivity index (χ3n) is 6.51. The summed E-state index contributed by atoms with van der Waals surface area (Å²) in [5.41, 5.74) is 2.29. The zero-order valence-corrected chi connectivity index (χ0v) is 20.5. The molecule has 2 aromatic heterocycles. The third kappa shape index (κ3) is 5.24. The summed E-state index contributed by atoms with van der Waals surface area (Å²) in [5, 5.41) is 9.48. The van der Waals surface area contributed by atoms with Gasteiger partial charge in [0.25, 0.3) is 6.43 Å². The SMILES string of the molecule is CCC1CCN(c2cc(SNC3(C)CC3)cn3c(C(NC)SC(=N)C(F)F)ncc23)CC1. The summed E-state index contributed by atoms with van der Waals surface area (Å²) in [6, 6.07) is 2.22. The van der Waals surface area contributed by atoms with Crippen LogP contribution in [-0.2, 0) is 0 Å². The van der Waals surface area contributed by atoms with E-state index in [0.717, 1.165) is 46.9 Å². The molecule has 3 N–H and O–H groups in total. The first-order chi connectivity index (χ1) is 15.3. The number of fused-ring (bicyclic) bond motifs is 1. The molecule has 1 aliphatic heterocycles. The van der Waals surface area contributed by atoms with E-state index >= 15 is 0 Å². The fourth-order valence-electron chi connectivity index (χ4n) is 4.05. The highest BCUT2D eigenvalue weighted by molar-refractivity contribution is 8.14. The Morgan fingerprint density at radius 3 is 2.66 bits per heavy atom. The van der Waals surface area contributed by atoms with E-state index in [4.69, 9.17) is 5.41 Å². The van der Waals surface area contributed by atoms with E-state index in [-0.39, 0.29) is 5.54 Å². The van der Waals surface area contributed by atoms with Crippen molar-refractivity contribution in [1.29, 1.82) is 5.41 Å². The van der Waals surface area contributed by atoms with Crippen LogP contribution in [0.2, 0.25) is 0 Å². The van der Waals surface area contributed by atoms with Gasteiger partial charge in [0.15, 0.2) is 0 Å². The molecule has 1 atom stereocenters. The maximum atomic E-state index is 13.0. The van der Waals surface area contributed by atoms with Crippen LogP contribution in [0, 0.1) is 11.3 Å². The van der Waals surface area contributed by atoms with Gasteiger partial charge in [-0.25, -0.2) is 13.8 Å². The van der Waals surface area contributed by atoms with Gasteiger partial charge in [-0.3, -0.25) is 14.5 Å². The number of rotatable bonds is 9. The van der Waals surface area contributed by atoms with E-state index in [2.05, 4.69) is 39.8 Å². The van der Waals surface area contributed by atoms with Crippen LogP contribution in [-0.4, -0.2) is 46.5 Å². The van der Waals surface area contributed by atoms with Crippen LogP contribution < -0.4 is 14.9 Å². The van der Waals surface area contributed by atoms with Crippen molar-refractivity contribution in [2.24, 2.45) is 5.92 Å². The first-order valence-electron chi connectivity index (χ1n) is 11.2. The monoisotopic (exact) mass is 482 g/mol. The highest BCUT2D eigenvalue weighted by Crippen LogP contribution is 2.39. The maximum absolute atomic E-state index is 13.0. The van der Waals surface area contributed by atoms with Gasteiger partial charge in [-0.1, -0.05) is 25.1 Å². The lowest BCUT2D eigenvalue weighted by molar-refractivity contribution is 0.228. The minimum absolute atomic E-state index is 0.187. The van der Waals surface area contributed by atoms with Gasteiger partial charge in [0.2, 0.25) is 0 Å². The fraction of sp³-hybridized carbons (Fsp3) is 0.636. The van der Waals surface area contributed by atoms with Crippen molar-refractivity contribution in [3.8, 4) is 0 Å². The molecule has 2 aliphatic rings. The Bertz CT molecular complexity index is 953.